The molecule has 154 valence electrons. The van der Waals surface area contributed by atoms with Gasteiger partial charge < -0.3 is 15.4 Å². The first-order chi connectivity index (χ1) is 13.9. The highest BCUT2D eigenvalue weighted by molar-refractivity contribution is 5.96. The molecular weight excluding hydrogens is 370 g/mol. The molecule has 1 atom stereocenters. The molecule has 1 aliphatic heterocycles. The van der Waals surface area contributed by atoms with Gasteiger partial charge in [0.15, 0.2) is 0 Å². The number of carboxylic acid groups (broad SMARTS) is 1. The second kappa shape index (κ2) is 9.07. The van der Waals surface area contributed by atoms with Crippen molar-refractivity contribution in [1.82, 2.24) is 14.8 Å². The molecule has 8 nitrogen and oxygen atoms in total. The summed E-state index contributed by atoms with van der Waals surface area (Å²) in [6.07, 6.45) is 2.24. The van der Waals surface area contributed by atoms with Crippen molar-refractivity contribution in [2.24, 2.45) is 5.92 Å². The number of hydrogen-bond acceptors (Lipinski definition) is 5. The largest absolute Gasteiger partial charge is 0.480 e. The molecular formula is C21H27N5O3. The first kappa shape index (κ1) is 20.8. The third-order valence-electron chi connectivity index (χ3n) is 5.35. The van der Waals surface area contributed by atoms with Crippen LogP contribution in [0.5, 0.6) is 0 Å². The van der Waals surface area contributed by atoms with Crippen molar-refractivity contribution in [1.29, 1.82) is 5.26 Å². The van der Waals surface area contributed by atoms with E-state index in [1.807, 2.05) is 30.9 Å². The van der Waals surface area contributed by atoms with Gasteiger partial charge in [0, 0.05) is 73.4 Å². The minimum atomic E-state index is -0.881. The van der Waals surface area contributed by atoms with E-state index in [1.165, 1.54) is 0 Å². The lowest BCUT2D eigenvalue weighted by atomic mass is 10.0. The van der Waals surface area contributed by atoms with Gasteiger partial charge in [-0.25, -0.2) is 0 Å². The number of H-pyrrole nitrogens is 1. The van der Waals surface area contributed by atoms with E-state index in [1.54, 1.807) is 12.3 Å². The Morgan fingerprint density at radius 1 is 1.28 bits per heavy atom. The third-order valence-corrected chi connectivity index (χ3v) is 5.35. The van der Waals surface area contributed by atoms with Crippen molar-refractivity contribution in [2.45, 2.75) is 26.3 Å². The number of piperazine rings is 1. The maximum absolute atomic E-state index is 12.1. The number of rotatable bonds is 7. The molecule has 0 unspecified atom stereocenters. The lowest BCUT2D eigenvalue weighted by Crippen LogP contribution is -2.49. The zero-order chi connectivity index (χ0) is 21.0. The summed E-state index contributed by atoms with van der Waals surface area (Å²) < 4.78 is 0. The molecule has 8 heteroatoms. The Morgan fingerprint density at radius 3 is 2.62 bits per heavy atom. The summed E-state index contributed by atoms with van der Waals surface area (Å²) in [5.41, 5.74) is 2.20. The molecule has 1 aromatic carbocycles. The van der Waals surface area contributed by atoms with Gasteiger partial charge in [0.05, 0.1) is 6.07 Å². The Hall–Kier alpha value is -2.89. The van der Waals surface area contributed by atoms with Crippen LogP contribution in [-0.2, 0) is 9.59 Å². The molecule has 1 aliphatic rings. The first-order valence-corrected chi connectivity index (χ1v) is 9.88. The maximum atomic E-state index is 12.1. The molecule has 0 spiro atoms. The number of carbonyl (C=O) groups excluding carboxylic acids is 1. The van der Waals surface area contributed by atoms with Crippen LogP contribution in [0.2, 0.25) is 0 Å². The van der Waals surface area contributed by atoms with E-state index in [2.05, 4.69) is 21.3 Å². The van der Waals surface area contributed by atoms with E-state index in [0.29, 0.717) is 25.2 Å². The van der Waals surface area contributed by atoms with Crippen LogP contribution in [0.4, 0.5) is 5.69 Å². The second-order valence-corrected chi connectivity index (χ2v) is 7.67. The Bertz CT molecular complexity index is 922. The normalized spacial score (nSPS) is 16.6. The molecule has 1 aromatic heterocycles. The average molecular weight is 397 g/mol. The highest BCUT2D eigenvalue weighted by Crippen LogP contribution is 2.31. The van der Waals surface area contributed by atoms with E-state index in [9.17, 15) is 14.7 Å². The minimum absolute atomic E-state index is 0.0613. The summed E-state index contributed by atoms with van der Waals surface area (Å²) >= 11 is 0. The molecule has 0 radical (unpaired) electrons. The summed E-state index contributed by atoms with van der Waals surface area (Å²) in [6, 6.07) is 6.91. The molecule has 29 heavy (non-hydrogen) atoms. The monoisotopic (exact) mass is 397 g/mol. The minimum Gasteiger partial charge on any atom is -0.480 e. The maximum Gasteiger partial charge on any atom is 0.325 e. The van der Waals surface area contributed by atoms with Crippen LogP contribution in [0.15, 0.2) is 24.4 Å². The van der Waals surface area contributed by atoms with Gasteiger partial charge >= 0.3 is 5.97 Å². The number of aromatic nitrogens is 1. The average Bonchev–Trinajstić information content (AvgIpc) is 3.10. The number of nitrogens with one attached hydrogen (secondary N) is 2. The summed E-state index contributed by atoms with van der Waals surface area (Å²) in [5.74, 6) is -1.06. The summed E-state index contributed by atoms with van der Waals surface area (Å²) in [5, 5.41) is 22.4. The summed E-state index contributed by atoms with van der Waals surface area (Å²) in [7, 11) is 0. The van der Waals surface area contributed by atoms with Gasteiger partial charge in [-0.15, -0.1) is 0 Å². The fourth-order valence-corrected chi connectivity index (χ4v) is 3.68. The number of carbonyl (C=O) groups is 2. The number of anilines is 1. The quantitative estimate of drug-likeness (QED) is 0.661. The fraction of sp³-hybridized carbons (Fsp3) is 0.476. The van der Waals surface area contributed by atoms with Crippen LogP contribution in [0.1, 0.15) is 31.9 Å². The molecule has 3 rings (SSSR count). The number of nitriles is 1. The van der Waals surface area contributed by atoms with Crippen LogP contribution in [-0.4, -0.2) is 64.5 Å². The van der Waals surface area contributed by atoms with Crippen molar-refractivity contribution in [3.63, 3.8) is 0 Å². The van der Waals surface area contributed by atoms with Crippen LogP contribution < -0.4 is 5.32 Å². The van der Waals surface area contributed by atoms with Gasteiger partial charge in [-0.2, -0.15) is 5.26 Å². The molecule has 1 amide bonds. The van der Waals surface area contributed by atoms with Gasteiger partial charge in [-0.1, -0.05) is 19.9 Å². The van der Waals surface area contributed by atoms with Crippen LogP contribution in [0.25, 0.3) is 10.9 Å². The number of amides is 1. The lowest BCUT2D eigenvalue weighted by Gasteiger charge is -2.37. The van der Waals surface area contributed by atoms with Gasteiger partial charge in [-0.3, -0.25) is 19.4 Å². The van der Waals surface area contributed by atoms with Crippen LogP contribution >= 0.6 is 0 Å². The molecule has 2 aromatic rings. The molecule has 2 heterocycles. The second-order valence-electron chi connectivity index (χ2n) is 7.67. The number of benzene rings is 1. The van der Waals surface area contributed by atoms with Crippen molar-refractivity contribution < 1.29 is 14.7 Å². The van der Waals surface area contributed by atoms with Gasteiger partial charge in [0.1, 0.15) is 6.04 Å². The summed E-state index contributed by atoms with van der Waals surface area (Å²) in [6.45, 7) is 7.16. The zero-order valence-electron chi connectivity index (χ0n) is 16.8. The zero-order valence-corrected chi connectivity index (χ0v) is 16.8. The number of carboxylic acids is 1. The Labute approximate surface area is 170 Å². The Balaban J connectivity index is 1.79. The number of aliphatic carboxylic acids is 1. The number of fused-ring (bicyclic) bond motifs is 1. The van der Waals surface area contributed by atoms with Crippen LogP contribution in [0.3, 0.4) is 0 Å². The van der Waals surface area contributed by atoms with Gasteiger partial charge in [0.2, 0.25) is 5.91 Å². The van der Waals surface area contributed by atoms with Crippen LogP contribution in [0, 0.1) is 17.2 Å². The topological polar surface area (TPSA) is 112 Å². The number of nitrogens with zero attached hydrogens (tertiary/aromatic N) is 3. The summed E-state index contributed by atoms with van der Waals surface area (Å²) in [4.78, 5) is 31.4. The third kappa shape index (κ3) is 4.75. The van der Waals surface area contributed by atoms with E-state index in [4.69, 9.17) is 5.26 Å². The predicted octanol–water partition coefficient (Wildman–Crippen LogP) is 2.42. The highest BCUT2D eigenvalue weighted by atomic mass is 16.4. The predicted molar refractivity (Wildman–Crippen MR) is 110 cm³/mol. The van der Waals surface area contributed by atoms with E-state index < -0.39 is 12.0 Å². The van der Waals surface area contributed by atoms with Crippen molar-refractivity contribution in [3.8, 4) is 6.07 Å². The molecule has 0 saturated carbocycles. The van der Waals surface area contributed by atoms with E-state index in [0.717, 1.165) is 36.1 Å². The van der Waals surface area contributed by atoms with Gasteiger partial charge in [0.25, 0.3) is 0 Å². The lowest BCUT2D eigenvalue weighted by molar-refractivity contribution is -0.144. The van der Waals surface area contributed by atoms with E-state index >= 15 is 0 Å². The number of aromatic amines is 1. The highest BCUT2D eigenvalue weighted by Gasteiger charge is 2.32. The molecule has 1 saturated heterocycles. The van der Waals surface area contributed by atoms with E-state index in [-0.39, 0.29) is 11.8 Å². The molecule has 1 fully saturated rings. The van der Waals surface area contributed by atoms with Crippen molar-refractivity contribution in [3.05, 3.63) is 30.0 Å². The van der Waals surface area contributed by atoms with Gasteiger partial charge in [-0.05, 0) is 12.1 Å². The Kier molecular flexibility index (Phi) is 6.52. The van der Waals surface area contributed by atoms with Crippen molar-refractivity contribution in [2.75, 3.05) is 38.0 Å². The smallest absolute Gasteiger partial charge is 0.325 e. The molecule has 0 bridgehead atoms. The first-order valence-electron chi connectivity index (χ1n) is 9.88. The molecule has 3 N–H and O–H groups in total. The fourth-order valence-electron chi connectivity index (χ4n) is 3.68. The van der Waals surface area contributed by atoms with Crippen molar-refractivity contribution >= 4 is 28.5 Å². The Morgan fingerprint density at radius 2 is 2.00 bits per heavy atom. The standard InChI is InChI=1S/C21H27N5O3/c1-14(2)20(27)24-15-4-5-16-17(13-23-18(16)12-15)19(21(28)29)26-10-8-25(9-11-26)7-3-6-22/h4-5,12-14,19,23H,3,7-11H2,1-2H3,(H,24,27)(H,28,29)/t19-/m0/s1. The number of hydrogen-bond donors (Lipinski definition) is 3. The molecule has 0 aliphatic carbocycles. The SMILES string of the molecule is CC(C)C(=O)Nc1ccc2c([C@@H](C(=O)O)N3CCN(CCC#N)CC3)c[nH]c2c1.